The number of carbonyl (C=O) groups is 1. The van der Waals surface area contributed by atoms with Crippen LogP contribution in [-0.4, -0.2) is 30.8 Å². The maximum atomic E-state index is 13.3. The third-order valence-corrected chi connectivity index (χ3v) is 3.20. The second-order valence-electron chi connectivity index (χ2n) is 5.16. The average molecular weight is 336 g/mol. The SMILES string of the molecule is CCCCC(F)CCCCCCOC(F)(C(=O)F)C(F)(F)F. The molecular formula is C14H22F6O2. The van der Waals surface area contributed by atoms with Gasteiger partial charge in [-0.1, -0.05) is 39.0 Å². The summed E-state index contributed by atoms with van der Waals surface area (Å²) in [6, 6.07) is -3.21. The van der Waals surface area contributed by atoms with Crippen molar-refractivity contribution >= 4 is 6.04 Å². The molecule has 0 aromatic heterocycles. The standard InChI is InChI=1S/C14H22F6O2/c1-2-3-8-11(15)9-6-4-5-7-10-22-13(17,12(16)21)14(18,19)20/h11H,2-10H2,1H3. The molecule has 2 nitrogen and oxygen atoms in total. The van der Waals surface area contributed by atoms with Crippen molar-refractivity contribution in [2.24, 2.45) is 0 Å². The van der Waals surface area contributed by atoms with Crippen molar-refractivity contribution in [3.8, 4) is 0 Å². The lowest BCUT2D eigenvalue weighted by atomic mass is 10.1. The fourth-order valence-electron chi connectivity index (χ4n) is 1.85. The quantitative estimate of drug-likeness (QED) is 0.278. The van der Waals surface area contributed by atoms with Crippen LogP contribution in [0.1, 0.15) is 58.3 Å². The Hall–Kier alpha value is -0.790. The molecule has 0 spiro atoms. The summed E-state index contributed by atoms with van der Waals surface area (Å²) in [5.74, 6) is -4.89. The van der Waals surface area contributed by atoms with Gasteiger partial charge in [0.1, 0.15) is 6.17 Å². The molecule has 0 saturated heterocycles. The van der Waals surface area contributed by atoms with Gasteiger partial charge in [-0.3, -0.25) is 4.79 Å². The number of carbonyl (C=O) groups excluding carboxylic acids is 1. The second kappa shape index (κ2) is 10.1. The lowest BCUT2D eigenvalue weighted by Crippen LogP contribution is -2.49. The van der Waals surface area contributed by atoms with Gasteiger partial charge in [-0.05, 0) is 19.3 Å². The van der Waals surface area contributed by atoms with Crippen molar-refractivity contribution < 1.29 is 35.9 Å². The fraction of sp³-hybridized carbons (Fsp3) is 0.929. The number of halogens is 6. The first-order valence-electron chi connectivity index (χ1n) is 7.38. The molecular weight excluding hydrogens is 314 g/mol. The summed E-state index contributed by atoms with van der Waals surface area (Å²) in [5, 5.41) is 0. The van der Waals surface area contributed by atoms with E-state index in [-0.39, 0.29) is 6.42 Å². The van der Waals surface area contributed by atoms with Crippen LogP contribution in [0.4, 0.5) is 26.3 Å². The Bertz CT molecular complexity index is 321. The molecule has 0 saturated carbocycles. The van der Waals surface area contributed by atoms with Gasteiger partial charge in [0.25, 0.3) is 0 Å². The predicted octanol–water partition coefficient (Wildman–Crippen LogP) is 5.21. The fourth-order valence-corrected chi connectivity index (χ4v) is 1.85. The zero-order valence-corrected chi connectivity index (χ0v) is 12.5. The Morgan fingerprint density at radius 3 is 2.05 bits per heavy atom. The highest BCUT2D eigenvalue weighted by atomic mass is 19.4. The largest absolute Gasteiger partial charge is 0.459 e. The molecule has 0 aliphatic rings. The van der Waals surface area contributed by atoms with Crippen LogP contribution in [0.2, 0.25) is 0 Å². The van der Waals surface area contributed by atoms with Crippen LogP contribution < -0.4 is 0 Å². The van der Waals surface area contributed by atoms with Gasteiger partial charge in [0, 0.05) is 0 Å². The number of unbranched alkanes of at least 4 members (excludes halogenated alkanes) is 4. The number of alkyl halides is 5. The molecule has 2 unspecified atom stereocenters. The monoisotopic (exact) mass is 336 g/mol. The summed E-state index contributed by atoms with van der Waals surface area (Å²) in [7, 11) is 0. The highest BCUT2D eigenvalue weighted by Crippen LogP contribution is 2.36. The van der Waals surface area contributed by atoms with Gasteiger partial charge in [0.15, 0.2) is 0 Å². The van der Waals surface area contributed by atoms with E-state index < -0.39 is 30.8 Å². The maximum absolute atomic E-state index is 13.3. The van der Waals surface area contributed by atoms with Gasteiger partial charge in [-0.2, -0.15) is 22.0 Å². The summed E-state index contributed by atoms with van der Waals surface area (Å²) in [5.41, 5.74) is 0. The molecule has 0 aromatic rings. The Kier molecular flexibility index (Phi) is 9.71. The Balaban J connectivity index is 3.82. The molecule has 0 radical (unpaired) electrons. The van der Waals surface area contributed by atoms with E-state index in [4.69, 9.17) is 0 Å². The molecule has 0 heterocycles. The van der Waals surface area contributed by atoms with E-state index in [1.807, 2.05) is 6.92 Å². The van der Waals surface area contributed by atoms with E-state index in [9.17, 15) is 31.1 Å². The van der Waals surface area contributed by atoms with Crippen molar-refractivity contribution in [1.82, 2.24) is 0 Å². The van der Waals surface area contributed by atoms with Crippen LogP contribution in [0, 0.1) is 0 Å². The van der Waals surface area contributed by atoms with Crippen LogP contribution in [0.25, 0.3) is 0 Å². The van der Waals surface area contributed by atoms with Gasteiger partial charge in [0.05, 0.1) is 6.61 Å². The third-order valence-electron chi connectivity index (χ3n) is 3.20. The van der Waals surface area contributed by atoms with Gasteiger partial charge in [-0.15, -0.1) is 0 Å². The van der Waals surface area contributed by atoms with E-state index in [1.165, 1.54) is 0 Å². The van der Waals surface area contributed by atoms with E-state index in [0.29, 0.717) is 32.1 Å². The first-order valence-corrected chi connectivity index (χ1v) is 7.38. The van der Waals surface area contributed by atoms with Crippen molar-refractivity contribution in [3.05, 3.63) is 0 Å². The third kappa shape index (κ3) is 7.47. The zero-order chi connectivity index (χ0) is 17.2. The van der Waals surface area contributed by atoms with Crippen molar-refractivity contribution in [1.29, 1.82) is 0 Å². The summed E-state index contributed by atoms with van der Waals surface area (Å²) < 4.78 is 78.8. The molecule has 0 rings (SSSR count). The molecule has 0 fully saturated rings. The van der Waals surface area contributed by atoms with Crippen LogP contribution in [0.15, 0.2) is 0 Å². The highest BCUT2D eigenvalue weighted by molar-refractivity contribution is 5.77. The summed E-state index contributed by atoms with van der Waals surface area (Å²) >= 11 is 0. The molecule has 0 aliphatic heterocycles. The highest BCUT2D eigenvalue weighted by Gasteiger charge is 2.64. The lowest BCUT2D eigenvalue weighted by molar-refractivity contribution is -0.319. The van der Waals surface area contributed by atoms with E-state index in [1.54, 1.807) is 0 Å². The molecule has 22 heavy (non-hydrogen) atoms. The van der Waals surface area contributed by atoms with Crippen LogP contribution >= 0.6 is 0 Å². The summed E-state index contributed by atoms with van der Waals surface area (Å²) in [6.45, 7) is 1.22. The minimum absolute atomic E-state index is 0.0287. The van der Waals surface area contributed by atoms with Gasteiger partial charge < -0.3 is 4.74 Å². The zero-order valence-electron chi connectivity index (χ0n) is 12.5. The Morgan fingerprint density at radius 1 is 1.00 bits per heavy atom. The molecule has 132 valence electrons. The minimum Gasteiger partial charge on any atom is -0.331 e. The van der Waals surface area contributed by atoms with Crippen LogP contribution in [-0.2, 0) is 9.53 Å². The predicted molar refractivity (Wildman–Crippen MR) is 69.5 cm³/mol. The van der Waals surface area contributed by atoms with Gasteiger partial charge in [-0.25, -0.2) is 4.39 Å². The number of hydrogen-bond acceptors (Lipinski definition) is 2. The first kappa shape index (κ1) is 21.2. The van der Waals surface area contributed by atoms with Crippen molar-refractivity contribution in [2.75, 3.05) is 6.61 Å². The first-order chi connectivity index (χ1) is 10.1. The molecule has 0 aliphatic carbocycles. The normalized spacial score (nSPS) is 16.3. The van der Waals surface area contributed by atoms with Crippen molar-refractivity contribution in [2.45, 2.75) is 76.5 Å². The number of hydrogen-bond donors (Lipinski definition) is 0. The van der Waals surface area contributed by atoms with Crippen LogP contribution in [0.5, 0.6) is 0 Å². The Labute approximate surface area is 126 Å². The van der Waals surface area contributed by atoms with Gasteiger partial charge in [0.2, 0.25) is 0 Å². The summed E-state index contributed by atoms with van der Waals surface area (Å²) in [6.07, 6.45) is -2.53. The second-order valence-corrected chi connectivity index (χ2v) is 5.16. The molecule has 0 bridgehead atoms. The smallest absolute Gasteiger partial charge is 0.331 e. The topological polar surface area (TPSA) is 26.3 Å². The number of ether oxygens (including phenoxy) is 1. The van der Waals surface area contributed by atoms with Crippen LogP contribution in [0.3, 0.4) is 0 Å². The molecule has 0 aromatic carbocycles. The molecule has 0 amide bonds. The van der Waals surface area contributed by atoms with Crippen molar-refractivity contribution in [3.63, 3.8) is 0 Å². The average Bonchev–Trinajstić information content (AvgIpc) is 2.42. The van der Waals surface area contributed by atoms with E-state index in [2.05, 4.69) is 4.74 Å². The van der Waals surface area contributed by atoms with E-state index >= 15 is 0 Å². The Morgan fingerprint density at radius 2 is 1.55 bits per heavy atom. The van der Waals surface area contributed by atoms with E-state index in [0.717, 1.165) is 12.8 Å². The lowest BCUT2D eigenvalue weighted by Gasteiger charge is -2.22. The number of rotatable bonds is 12. The van der Waals surface area contributed by atoms with Gasteiger partial charge >= 0.3 is 18.1 Å². The molecule has 8 heteroatoms. The summed E-state index contributed by atoms with van der Waals surface area (Å²) in [4.78, 5) is 10.1. The molecule has 2 atom stereocenters. The maximum Gasteiger partial charge on any atom is 0.459 e. The molecule has 0 N–H and O–H groups in total. The minimum atomic E-state index is -5.75.